The molecule has 1 aliphatic heterocycles. The molecule has 0 saturated carbocycles. The minimum absolute atomic E-state index is 0.0600. The van der Waals surface area contributed by atoms with Crippen molar-refractivity contribution < 1.29 is 4.79 Å². The quantitative estimate of drug-likeness (QED) is 0.559. The fourth-order valence-corrected chi connectivity index (χ4v) is 1.42. The lowest BCUT2D eigenvalue weighted by atomic mass is 10.3. The fraction of sp³-hybridized carbons (Fsp3) is 0.875. The predicted molar refractivity (Wildman–Crippen MR) is 49.4 cm³/mol. The van der Waals surface area contributed by atoms with Crippen LogP contribution in [0.15, 0.2) is 0 Å². The molecule has 0 bridgehead atoms. The zero-order chi connectivity index (χ0) is 9.14. The van der Waals surface area contributed by atoms with Crippen LogP contribution in [0.2, 0.25) is 0 Å². The third-order valence-electron chi connectivity index (χ3n) is 2.16. The number of nitrogens with zero attached hydrogens (tertiary/aromatic N) is 2. The Hall–Kier alpha value is -0.280. The van der Waals surface area contributed by atoms with E-state index in [0.717, 1.165) is 26.2 Å². The molecule has 0 aromatic rings. The van der Waals surface area contributed by atoms with Crippen molar-refractivity contribution in [3.05, 3.63) is 0 Å². The number of carbonyl (C=O) groups is 1. The monoisotopic (exact) mass is 190 g/mol. The summed E-state index contributed by atoms with van der Waals surface area (Å²) < 4.78 is 0. The second kappa shape index (κ2) is 4.10. The van der Waals surface area contributed by atoms with Gasteiger partial charge in [-0.3, -0.25) is 4.79 Å². The van der Waals surface area contributed by atoms with Gasteiger partial charge in [-0.15, -0.1) is 11.6 Å². The maximum absolute atomic E-state index is 11.4. The number of amides is 1. The summed E-state index contributed by atoms with van der Waals surface area (Å²) in [7, 11) is 2.06. The van der Waals surface area contributed by atoms with E-state index in [0.29, 0.717) is 0 Å². The summed E-state index contributed by atoms with van der Waals surface area (Å²) in [5.41, 5.74) is 0. The van der Waals surface area contributed by atoms with Crippen LogP contribution in [0, 0.1) is 0 Å². The highest BCUT2D eigenvalue weighted by molar-refractivity contribution is 6.30. The Morgan fingerprint density at radius 3 is 2.25 bits per heavy atom. The van der Waals surface area contributed by atoms with Crippen LogP contribution in [0.1, 0.15) is 6.92 Å². The Morgan fingerprint density at radius 1 is 1.33 bits per heavy atom. The molecule has 0 unspecified atom stereocenters. The number of carbonyl (C=O) groups excluding carboxylic acids is 1. The topological polar surface area (TPSA) is 23.6 Å². The van der Waals surface area contributed by atoms with Crippen molar-refractivity contribution in [3.8, 4) is 0 Å². The molecule has 4 heteroatoms. The Bertz CT molecular complexity index is 164. The minimum Gasteiger partial charge on any atom is -0.339 e. The van der Waals surface area contributed by atoms with Gasteiger partial charge in [-0.25, -0.2) is 0 Å². The highest BCUT2D eigenvalue weighted by Gasteiger charge is 2.21. The van der Waals surface area contributed by atoms with Crippen molar-refractivity contribution in [2.75, 3.05) is 33.2 Å². The zero-order valence-corrected chi connectivity index (χ0v) is 8.34. The molecule has 1 amide bonds. The predicted octanol–water partition coefficient (Wildman–Crippen LogP) is 0.388. The number of hydrogen-bond acceptors (Lipinski definition) is 2. The Balaban J connectivity index is 2.39. The van der Waals surface area contributed by atoms with Gasteiger partial charge in [0.15, 0.2) is 0 Å². The lowest BCUT2D eigenvalue weighted by Gasteiger charge is -2.33. The summed E-state index contributed by atoms with van der Waals surface area (Å²) >= 11 is 5.69. The van der Waals surface area contributed by atoms with Crippen LogP contribution in [-0.4, -0.2) is 54.3 Å². The standard InChI is InChI=1S/C8H15ClN2O/c1-7(9)8(12)11-5-3-10(2)4-6-11/h7H,3-6H2,1-2H3/t7-/m0/s1. The first-order valence-corrected chi connectivity index (χ1v) is 4.66. The van der Waals surface area contributed by atoms with E-state index in [-0.39, 0.29) is 11.3 Å². The SMILES string of the molecule is C[C@H](Cl)C(=O)N1CCN(C)CC1. The third kappa shape index (κ3) is 2.35. The summed E-state index contributed by atoms with van der Waals surface area (Å²) in [5.74, 6) is 0.0600. The van der Waals surface area contributed by atoms with Gasteiger partial charge in [0.2, 0.25) is 5.91 Å². The normalized spacial score (nSPS) is 22.4. The number of alkyl halides is 1. The smallest absolute Gasteiger partial charge is 0.240 e. The first kappa shape index (κ1) is 9.81. The van der Waals surface area contributed by atoms with Crippen LogP contribution < -0.4 is 0 Å². The molecule has 0 aliphatic carbocycles. The average molecular weight is 191 g/mol. The molecule has 70 valence electrons. The molecule has 0 aromatic carbocycles. The molecule has 0 N–H and O–H groups in total. The van der Waals surface area contributed by atoms with E-state index in [1.807, 2.05) is 4.90 Å². The number of rotatable bonds is 1. The van der Waals surface area contributed by atoms with E-state index < -0.39 is 0 Å². The van der Waals surface area contributed by atoms with E-state index in [4.69, 9.17) is 11.6 Å². The van der Waals surface area contributed by atoms with Crippen LogP contribution in [-0.2, 0) is 4.79 Å². The van der Waals surface area contributed by atoms with Crippen LogP contribution in [0.5, 0.6) is 0 Å². The van der Waals surface area contributed by atoms with Crippen LogP contribution in [0.4, 0.5) is 0 Å². The number of halogens is 1. The van der Waals surface area contributed by atoms with Crippen molar-refractivity contribution in [2.24, 2.45) is 0 Å². The van der Waals surface area contributed by atoms with Crippen molar-refractivity contribution >= 4 is 17.5 Å². The Morgan fingerprint density at radius 2 is 1.83 bits per heavy atom. The van der Waals surface area contributed by atoms with Gasteiger partial charge in [-0.1, -0.05) is 0 Å². The Kier molecular flexibility index (Phi) is 3.35. The molecule has 1 aliphatic rings. The van der Waals surface area contributed by atoms with Crippen molar-refractivity contribution in [2.45, 2.75) is 12.3 Å². The Labute approximate surface area is 78.3 Å². The number of likely N-dealkylation sites (N-methyl/N-ethyl adjacent to an activating group) is 1. The fourth-order valence-electron chi connectivity index (χ4n) is 1.28. The largest absolute Gasteiger partial charge is 0.339 e. The number of piperazine rings is 1. The van der Waals surface area contributed by atoms with Gasteiger partial charge in [-0.05, 0) is 14.0 Å². The first-order chi connectivity index (χ1) is 5.61. The molecule has 0 aromatic heterocycles. The molecular formula is C8H15ClN2O. The van der Waals surface area contributed by atoms with Gasteiger partial charge in [0.25, 0.3) is 0 Å². The first-order valence-electron chi connectivity index (χ1n) is 4.22. The highest BCUT2D eigenvalue weighted by atomic mass is 35.5. The van der Waals surface area contributed by atoms with Crippen LogP contribution >= 0.6 is 11.6 Å². The van der Waals surface area contributed by atoms with Gasteiger partial charge in [0, 0.05) is 26.2 Å². The molecule has 0 radical (unpaired) electrons. The van der Waals surface area contributed by atoms with Gasteiger partial charge in [-0.2, -0.15) is 0 Å². The van der Waals surface area contributed by atoms with E-state index in [1.165, 1.54) is 0 Å². The average Bonchev–Trinajstić information content (AvgIpc) is 2.04. The summed E-state index contributed by atoms with van der Waals surface area (Å²) in [5, 5.41) is -0.381. The van der Waals surface area contributed by atoms with E-state index in [1.54, 1.807) is 6.92 Å². The lowest BCUT2D eigenvalue weighted by Crippen LogP contribution is -2.48. The van der Waals surface area contributed by atoms with Crippen molar-refractivity contribution in [3.63, 3.8) is 0 Å². The molecule has 1 atom stereocenters. The summed E-state index contributed by atoms with van der Waals surface area (Å²) in [4.78, 5) is 15.4. The third-order valence-corrected chi connectivity index (χ3v) is 2.34. The van der Waals surface area contributed by atoms with E-state index >= 15 is 0 Å². The summed E-state index contributed by atoms with van der Waals surface area (Å²) in [6, 6.07) is 0. The molecule has 1 heterocycles. The zero-order valence-electron chi connectivity index (χ0n) is 7.59. The van der Waals surface area contributed by atoms with Crippen LogP contribution in [0.3, 0.4) is 0 Å². The van der Waals surface area contributed by atoms with Crippen molar-refractivity contribution in [1.29, 1.82) is 0 Å². The molecule has 1 fully saturated rings. The maximum Gasteiger partial charge on any atom is 0.240 e. The summed E-state index contributed by atoms with van der Waals surface area (Å²) in [6.07, 6.45) is 0. The number of hydrogen-bond donors (Lipinski definition) is 0. The molecular weight excluding hydrogens is 176 g/mol. The molecule has 12 heavy (non-hydrogen) atoms. The second-order valence-electron chi connectivity index (χ2n) is 3.24. The van der Waals surface area contributed by atoms with Gasteiger partial charge in [0.05, 0.1) is 0 Å². The van der Waals surface area contributed by atoms with Crippen LogP contribution in [0.25, 0.3) is 0 Å². The molecule has 1 rings (SSSR count). The van der Waals surface area contributed by atoms with Crippen molar-refractivity contribution in [1.82, 2.24) is 9.80 Å². The summed E-state index contributed by atoms with van der Waals surface area (Å²) in [6.45, 7) is 5.26. The second-order valence-corrected chi connectivity index (χ2v) is 3.90. The molecule has 1 saturated heterocycles. The van der Waals surface area contributed by atoms with E-state index in [2.05, 4.69) is 11.9 Å². The lowest BCUT2D eigenvalue weighted by molar-refractivity contribution is -0.132. The van der Waals surface area contributed by atoms with Gasteiger partial charge < -0.3 is 9.80 Å². The molecule has 0 spiro atoms. The maximum atomic E-state index is 11.4. The molecule has 3 nitrogen and oxygen atoms in total. The highest BCUT2D eigenvalue weighted by Crippen LogP contribution is 2.05. The van der Waals surface area contributed by atoms with Gasteiger partial charge in [0.1, 0.15) is 5.38 Å². The minimum atomic E-state index is -0.381. The van der Waals surface area contributed by atoms with Gasteiger partial charge >= 0.3 is 0 Å². The van der Waals surface area contributed by atoms with E-state index in [9.17, 15) is 4.79 Å².